The fourth-order valence-corrected chi connectivity index (χ4v) is 3.81. The highest BCUT2D eigenvalue weighted by Crippen LogP contribution is 2.24. The summed E-state index contributed by atoms with van der Waals surface area (Å²) in [6.07, 6.45) is -4.76. The minimum Gasteiger partial charge on any atom is -0.406 e. The Morgan fingerprint density at radius 2 is 1.65 bits per heavy atom. The molecule has 1 unspecified atom stereocenters. The molecule has 1 aliphatic heterocycles. The van der Waals surface area contributed by atoms with E-state index in [1.165, 1.54) is 12.1 Å². The number of aryl methyl sites for hydroxylation is 2. The zero-order chi connectivity index (χ0) is 24.9. The monoisotopic (exact) mass is 478 g/mol. The third-order valence-corrected chi connectivity index (χ3v) is 5.71. The van der Waals surface area contributed by atoms with Crippen molar-refractivity contribution in [3.8, 4) is 5.75 Å². The Balaban J connectivity index is 1.43. The normalized spacial score (nSPS) is 16.1. The van der Waals surface area contributed by atoms with Crippen molar-refractivity contribution in [3.63, 3.8) is 0 Å². The summed E-state index contributed by atoms with van der Waals surface area (Å²) in [6.45, 7) is 8.49. The third-order valence-electron chi connectivity index (χ3n) is 5.71. The van der Waals surface area contributed by atoms with Gasteiger partial charge in [0.1, 0.15) is 5.75 Å². The van der Waals surface area contributed by atoms with Crippen LogP contribution < -0.4 is 15.4 Å². The van der Waals surface area contributed by atoms with Crippen molar-refractivity contribution in [3.05, 3.63) is 53.6 Å². The summed E-state index contributed by atoms with van der Waals surface area (Å²) in [5.41, 5.74) is 3.33. The zero-order valence-corrected chi connectivity index (χ0v) is 19.4. The highest BCUT2D eigenvalue weighted by molar-refractivity contribution is 5.95. The number of hydrogen-bond donors (Lipinski definition) is 2. The Labute approximate surface area is 196 Å². The van der Waals surface area contributed by atoms with Gasteiger partial charge < -0.3 is 15.4 Å². The van der Waals surface area contributed by atoms with Crippen molar-refractivity contribution in [1.82, 2.24) is 9.80 Å². The maximum Gasteiger partial charge on any atom is 0.573 e. The average Bonchev–Trinajstić information content (AvgIpc) is 2.76. The van der Waals surface area contributed by atoms with Gasteiger partial charge in [0, 0.05) is 37.6 Å². The number of carbonyl (C=O) groups excluding carboxylic acids is 2. The second-order valence-electron chi connectivity index (χ2n) is 8.42. The Morgan fingerprint density at radius 1 is 1.00 bits per heavy atom. The molecule has 10 heteroatoms. The van der Waals surface area contributed by atoms with Crippen molar-refractivity contribution >= 4 is 23.2 Å². The number of piperazine rings is 1. The lowest BCUT2D eigenvalue weighted by Crippen LogP contribution is -2.53. The molecule has 0 aromatic heterocycles. The van der Waals surface area contributed by atoms with Crippen LogP contribution in [-0.2, 0) is 9.59 Å². The first-order valence-electron chi connectivity index (χ1n) is 11.0. The Kier molecular flexibility index (Phi) is 8.16. The van der Waals surface area contributed by atoms with Crippen LogP contribution >= 0.6 is 0 Å². The van der Waals surface area contributed by atoms with Gasteiger partial charge in [0.05, 0.1) is 12.6 Å². The van der Waals surface area contributed by atoms with Gasteiger partial charge in [0.15, 0.2) is 0 Å². The number of nitrogens with one attached hydrogen (secondary N) is 2. The van der Waals surface area contributed by atoms with Crippen LogP contribution in [0.4, 0.5) is 24.5 Å². The van der Waals surface area contributed by atoms with Crippen molar-refractivity contribution in [2.45, 2.75) is 33.2 Å². The van der Waals surface area contributed by atoms with E-state index < -0.39 is 6.36 Å². The van der Waals surface area contributed by atoms with Gasteiger partial charge in [-0.25, -0.2) is 0 Å². The Morgan fingerprint density at radius 3 is 2.24 bits per heavy atom. The minimum atomic E-state index is -4.76. The molecule has 0 bridgehead atoms. The number of alkyl halides is 3. The molecule has 34 heavy (non-hydrogen) atoms. The SMILES string of the molecule is Cc1ccc(NC(=O)C(C)N2CCN(CC(=O)Nc3ccc(OC(F)(F)F)cc3)CC2)c(C)c1. The van der Waals surface area contributed by atoms with Crippen LogP contribution in [-0.4, -0.2) is 66.7 Å². The molecule has 0 spiro atoms. The van der Waals surface area contributed by atoms with Crippen LogP contribution in [0.15, 0.2) is 42.5 Å². The standard InChI is InChI=1S/C24H29F3N4O3/c1-16-4-9-21(17(2)14-16)29-23(33)18(3)31-12-10-30(11-13-31)15-22(32)28-19-5-7-20(8-6-19)34-24(25,26)27/h4-9,14,18H,10-13,15H2,1-3H3,(H,28,32)(H,29,33). The van der Waals surface area contributed by atoms with Gasteiger partial charge >= 0.3 is 6.36 Å². The van der Waals surface area contributed by atoms with Crippen LogP contribution in [0.3, 0.4) is 0 Å². The van der Waals surface area contributed by atoms with Crippen LogP contribution in [0.5, 0.6) is 5.75 Å². The van der Waals surface area contributed by atoms with Crippen LogP contribution in [0, 0.1) is 13.8 Å². The second-order valence-corrected chi connectivity index (χ2v) is 8.42. The predicted molar refractivity (Wildman–Crippen MR) is 124 cm³/mol. The molecule has 2 N–H and O–H groups in total. The molecule has 0 aliphatic carbocycles. The number of amides is 2. The van der Waals surface area contributed by atoms with E-state index in [1.807, 2.05) is 43.9 Å². The van der Waals surface area contributed by atoms with Gasteiger partial charge in [-0.2, -0.15) is 0 Å². The Bertz CT molecular complexity index is 1000. The van der Waals surface area contributed by atoms with E-state index in [2.05, 4.69) is 20.3 Å². The number of hydrogen-bond acceptors (Lipinski definition) is 5. The zero-order valence-electron chi connectivity index (χ0n) is 19.4. The highest BCUT2D eigenvalue weighted by Gasteiger charge is 2.31. The summed E-state index contributed by atoms with van der Waals surface area (Å²) in [5, 5.41) is 5.66. The first-order valence-corrected chi connectivity index (χ1v) is 11.0. The highest BCUT2D eigenvalue weighted by atomic mass is 19.4. The van der Waals surface area contributed by atoms with Crippen molar-refractivity contribution in [1.29, 1.82) is 0 Å². The number of carbonyl (C=O) groups is 2. The van der Waals surface area contributed by atoms with E-state index in [1.54, 1.807) is 0 Å². The maximum absolute atomic E-state index is 12.7. The molecule has 1 atom stereocenters. The maximum atomic E-state index is 12.7. The van der Waals surface area contributed by atoms with Gasteiger partial charge in [0.25, 0.3) is 0 Å². The van der Waals surface area contributed by atoms with Gasteiger partial charge in [-0.1, -0.05) is 17.7 Å². The number of benzene rings is 2. The predicted octanol–water partition coefficient (Wildman–Crippen LogP) is 3.79. The first kappa shape index (κ1) is 25.5. The molecule has 184 valence electrons. The molecule has 7 nitrogen and oxygen atoms in total. The van der Waals surface area contributed by atoms with Crippen molar-refractivity contribution < 1.29 is 27.5 Å². The van der Waals surface area contributed by atoms with Crippen LogP contribution in [0.2, 0.25) is 0 Å². The van der Waals surface area contributed by atoms with E-state index in [-0.39, 0.29) is 30.2 Å². The molecule has 1 fully saturated rings. The molecule has 1 saturated heterocycles. The van der Waals surface area contributed by atoms with E-state index in [9.17, 15) is 22.8 Å². The molecule has 2 aromatic rings. The molecule has 2 aromatic carbocycles. The number of ether oxygens (including phenoxy) is 1. The lowest BCUT2D eigenvalue weighted by molar-refractivity contribution is -0.274. The fourth-order valence-electron chi connectivity index (χ4n) is 3.81. The first-order chi connectivity index (χ1) is 16.0. The average molecular weight is 479 g/mol. The number of nitrogens with zero attached hydrogens (tertiary/aromatic N) is 2. The Hall–Kier alpha value is -3.11. The minimum absolute atomic E-state index is 0.0731. The summed E-state index contributed by atoms with van der Waals surface area (Å²) in [5.74, 6) is -0.688. The number of rotatable bonds is 7. The van der Waals surface area contributed by atoms with E-state index in [0.717, 1.165) is 28.9 Å². The van der Waals surface area contributed by atoms with Crippen molar-refractivity contribution in [2.24, 2.45) is 0 Å². The molecule has 1 aliphatic rings. The summed E-state index contributed by atoms with van der Waals surface area (Å²) in [6, 6.07) is 10.6. The third kappa shape index (κ3) is 7.46. The fraction of sp³-hybridized carbons (Fsp3) is 0.417. The van der Waals surface area contributed by atoms with E-state index in [4.69, 9.17) is 0 Å². The van der Waals surface area contributed by atoms with E-state index in [0.29, 0.717) is 31.9 Å². The lowest BCUT2D eigenvalue weighted by atomic mass is 10.1. The smallest absolute Gasteiger partial charge is 0.406 e. The van der Waals surface area contributed by atoms with Gasteiger partial charge in [-0.05, 0) is 56.7 Å². The topological polar surface area (TPSA) is 73.9 Å². The molecular weight excluding hydrogens is 449 g/mol. The number of halogens is 3. The summed E-state index contributed by atoms with van der Waals surface area (Å²) >= 11 is 0. The van der Waals surface area contributed by atoms with Gasteiger partial charge in [-0.15, -0.1) is 13.2 Å². The molecule has 2 amide bonds. The summed E-state index contributed by atoms with van der Waals surface area (Å²) < 4.78 is 40.5. The largest absolute Gasteiger partial charge is 0.573 e. The summed E-state index contributed by atoms with van der Waals surface area (Å²) in [4.78, 5) is 29.1. The van der Waals surface area contributed by atoms with Crippen molar-refractivity contribution in [2.75, 3.05) is 43.4 Å². The molecule has 1 heterocycles. The van der Waals surface area contributed by atoms with Crippen LogP contribution in [0.25, 0.3) is 0 Å². The number of anilines is 2. The molecule has 0 saturated carbocycles. The molecule has 3 rings (SSSR count). The van der Waals surface area contributed by atoms with E-state index >= 15 is 0 Å². The van der Waals surface area contributed by atoms with Gasteiger partial charge in [0.2, 0.25) is 11.8 Å². The molecular formula is C24H29F3N4O3. The van der Waals surface area contributed by atoms with Crippen LogP contribution in [0.1, 0.15) is 18.1 Å². The molecule has 0 radical (unpaired) electrons. The quantitative estimate of drug-likeness (QED) is 0.634. The van der Waals surface area contributed by atoms with Gasteiger partial charge in [-0.3, -0.25) is 19.4 Å². The lowest BCUT2D eigenvalue weighted by Gasteiger charge is -2.37. The summed E-state index contributed by atoms with van der Waals surface area (Å²) in [7, 11) is 0. The second kappa shape index (κ2) is 10.9.